The number of H-pyrrole nitrogens is 1. The van der Waals surface area contributed by atoms with Gasteiger partial charge in [-0.25, -0.2) is 8.60 Å². The Hall–Kier alpha value is -2.18. The molecule has 0 fully saturated rings. The van der Waals surface area contributed by atoms with E-state index in [1.54, 1.807) is 29.7 Å². The van der Waals surface area contributed by atoms with Crippen molar-refractivity contribution < 1.29 is 8.60 Å². The molecule has 3 nitrogen and oxygen atoms in total. The van der Waals surface area contributed by atoms with Crippen LogP contribution in [0.15, 0.2) is 42.6 Å². The predicted molar refractivity (Wildman–Crippen MR) is 124 cm³/mol. The average molecular weight is 429 g/mol. The molecule has 1 unspecified atom stereocenters. The molecule has 0 saturated heterocycles. The lowest BCUT2D eigenvalue weighted by Gasteiger charge is -2.32. The number of fused-ring (bicyclic) bond motifs is 2. The highest BCUT2D eigenvalue weighted by Gasteiger charge is 2.37. The number of aromatic amines is 1. The third-order valence-electron chi connectivity index (χ3n) is 6.03. The zero-order valence-electron chi connectivity index (χ0n) is 17.1. The molecule has 0 bridgehead atoms. The highest BCUT2D eigenvalue weighted by molar-refractivity contribution is 7.85. The monoisotopic (exact) mass is 428 g/mol. The van der Waals surface area contributed by atoms with Gasteiger partial charge in [-0.1, -0.05) is 32.0 Å². The lowest BCUT2D eigenvalue weighted by Crippen LogP contribution is -2.25. The van der Waals surface area contributed by atoms with E-state index in [0.29, 0.717) is 0 Å². The normalized spacial score (nSPS) is 13.3. The summed E-state index contributed by atoms with van der Waals surface area (Å²) in [5.41, 5.74) is 3.80. The van der Waals surface area contributed by atoms with Crippen molar-refractivity contribution in [2.24, 2.45) is 0 Å². The van der Waals surface area contributed by atoms with Crippen molar-refractivity contribution in [3.05, 3.63) is 64.4 Å². The number of anilines is 1. The van der Waals surface area contributed by atoms with Gasteiger partial charge in [-0.15, -0.1) is 11.3 Å². The fourth-order valence-corrected chi connectivity index (χ4v) is 6.62. The van der Waals surface area contributed by atoms with Crippen molar-refractivity contribution >= 4 is 49.0 Å². The summed E-state index contributed by atoms with van der Waals surface area (Å²) in [5, 5.41) is 1.85. The predicted octanol–water partition coefficient (Wildman–Crippen LogP) is 6.64. The smallest absolute Gasteiger partial charge is 0.132 e. The number of hydrogen-bond donors (Lipinski definition) is 2. The van der Waals surface area contributed by atoms with Gasteiger partial charge >= 0.3 is 0 Å². The number of nitrogens with one attached hydrogen (secondary N) is 2. The Labute approximate surface area is 176 Å². The van der Waals surface area contributed by atoms with Crippen LogP contribution in [0.2, 0.25) is 0 Å². The maximum atomic E-state index is 14.6. The molecule has 0 spiro atoms. The lowest BCUT2D eigenvalue weighted by molar-refractivity contribution is 0.489. The van der Waals surface area contributed by atoms with Crippen LogP contribution in [0.3, 0.4) is 0 Å². The summed E-state index contributed by atoms with van der Waals surface area (Å²) in [6, 6.07) is 11.4. The molecule has 0 aliphatic carbocycles. The Balaban J connectivity index is 1.99. The van der Waals surface area contributed by atoms with Gasteiger partial charge in [0.2, 0.25) is 0 Å². The zero-order chi connectivity index (χ0) is 20.8. The zero-order valence-corrected chi connectivity index (χ0v) is 18.7. The summed E-state index contributed by atoms with van der Waals surface area (Å²) in [4.78, 5) is 4.63. The van der Waals surface area contributed by atoms with E-state index >= 15 is 0 Å². The topological polar surface area (TPSA) is 44.9 Å². The third-order valence-corrected chi connectivity index (χ3v) is 8.00. The van der Waals surface area contributed by atoms with Crippen LogP contribution in [0.25, 0.3) is 21.0 Å². The van der Waals surface area contributed by atoms with Crippen molar-refractivity contribution in [3.8, 4) is 0 Å². The number of aryl methyl sites for hydroxylation is 1. The van der Waals surface area contributed by atoms with Gasteiger partial charge in [0.25, 0.3) is 0 Å². The first kappa shape index (κ1) is 20.1. The second-order valence-corrected chi connectivity index (χ2v) is 9.61. The highest BCUT2D eigenvalue weighted by atomic mass is 32.2. The van der Waals surface area contributed by atoms with Crippen LogP contribution in [0, 0.1) is 12.7 Å². The van der Waals surface area contributed by atoms with E-state index in [2.05, 4.69) is 35.8 Å². The van der Waals surface area contributed by atoms with Crippen molar-refractivity contribution in [2.45, 2.75) is 39.0 Å². The molecule has 152 valence electrons. The van der Waals surface area contributed by atoms with Gasteiger partial charge in [-0.3, -0.25) is 0 Å². The third kappa shape index (κ3) is 3.09. The second kappa shape index (κ2) is 7.58. The quantitative estimate of drug-likeness (QED) is 0.355. The van der Waals surface area contributed by atoms with Gasteiger partial charge < -0.3 is 9.71 Å². The summed E-state index contributed by atoms with van der Waals surface area (Å²) < 4.78 is 30.3. The van der Waals surface area contributed by atoms with Gasteiger partial charge in [-0.2, -0.15) is 0 Å². The second-order valence-electron chi connectivity index (χ2n) is 7.45. The van der Waals surface area contributed by atoms with Gasteiger partial charge in [0.05, 0.1) is 11.2 Å². The van der Waals surface area contributed by atoms with Crippen LogP contribution in [0.5, 0.6) is 0 Å². The molecule has 6 heteroatoms. The van der Waals surface area contributed by atoms with Crippen LogP contribution < -0.4 is 4.72 Å². The van der Waals surface area contributed by atoms with E-state index in [1.165, 1.54) is 10.4 Å². The summed E-state index contributed by atoms with van der Waals surface area (Å²) in [5.74, 6) is -0.153. The van der Waals surface area contributed by atoms with Crippen LogP contribution >= 0.6 is 11.3 Å². The molecule has 0 saturated carbocycles. The standard InChI is InChI=1S/C23H25FN2OS2/c1-5-23(6-2,22-14(3)20-17(24)10-8-12-19(20)28-22)16-13-25-21-15(16)9-7-11-18(21)26-29(4)27/h7-13,25-26H,5-6H2,1-4H3. The Kier molecular flexibility index (Phi) is 5.25. The SMILES string of the molecule is CCC(CC)(c1sc2cccc(F)c2c1C)c1c[nH]c2c(NS(C)=O)cccc12. The molecule has 0 amide bonds. The largest absolute Gasteiger partial charge is 0.359 e. The van der Waals surface area contributed by atoms with Crippen molar-refractivity contribution in [2.75, 3.05) is 11.0 Å². The summed E-state index contributed by atoms with van der Waals surface area (Å²) >= 11 is 1.70. The molecule has 1 atom stereocenters. The van der Waals surface area contributed by atoms with Gasteiger partial charge in [-0.05, 0) is 49.1 Å². The number of aromatic nitrogens is 1. The van der Waals surface area contributed by atoms with E-state index in [1.807, 2.05) is 25.1 Å². The fourth-order valence-electron chi connectivity index (χ4n) is 4.57. The highest BCUT2D eigenvalue weighted by Crippen LogP contribution is 2.49. The first-order valence-corrected chi connectivity index (χ1v) is 12.2. The molecular weight excluding hydrogens is 403 g/mol. The molecule has 4 aromatic rings. The molecule has 0 aliphatic heterocycles. The van der Waals surface area contributed by atoms with E-state index < -0.39 is 11.0 Å². The molecule has 2 heterocycles. The first-order valence-electron chi connectivity index (χ1n) is 9.81. The van der Waals surface area contributed by atoms with E-state index in [0.717, 1.165) is 45.1 Å². The maximum Gasteiger partial charge on any atom is 0.132 e. The van der Waals surface area contributed by atoms with E-state index in [9.17, 15) is 8.60 Å². The minimum absolute atomic E-state index is 0.153. The van der Waals surface area contributed by atoms with E-state index in [-0.39, 0.29) is 11.2 Å². The number of benzene rings is 2. The van der Waals surface area contributed by atoms with Crippen LogP contribution in [-0.4, -0.2) is 15.4 Å². The van der Waals surface area contributed by atoms with E-state index in [4.69, 9.17) is 0 Å². The van der Waals surface area contributed by atoms with Crippen molar-refractivity contribution in [1.82, 2.24) is 4.98 Å². The van der Waals surface area contributed by atoms with Crippen molar-refractivity contribution in [3.63, 3.8) is 0 Å². The summed E-state index contributed by atoms with van der Waals surface area (Å²) in [7, 11) is -1.15. The average Bonchev–Trinajstić information content (AvgIpc) is 3.27. The molecule has 2 aromatic carbocycles. The van der Waals surface area contributed by atoms with Gasteiger partial charge in [0, 0.05) is 38.2 Å². The number of rotatable bonds is 6. The van der Waals surface area contributed by atoms with Crippen LogP contribution in [0.1, 0.15) is 42.7 Å². The van der Waals surface area contributed by atoms with Crippen LogP contribution in [-0.2, 0) is 16.4 Å². The Morgan fingerprint density at radius 3 is 2.55 bits per heavy atom. The number of hydrogen-bond acceptors (Lipinski definition) is 2. The van der Waals surface area contributed by atoms with Gasteiger partial charge in [0.15, 0.2) is 0 Å². The number of halogens is 1. The molecular formula is C23H25FN2OS2. The van der Waals surface area contributed by atoms with Crippen molar-refractivity contribution in [1.29, 1.82) is 0 Å². The summed E-state index contributed by atoms with van der Waals surface area (Å²) in [6.07, 6.45) is 5.51. The molecule has 0 aliphatic rings. The fraction of sp³-hybridized carbons (Fsp3) is 0.304. The molecule has 29 heavy (non-hydrogen) atoms. The van der Waals surface area contributed by atoms with Crippen LogP contribution in [0.4, 0.5) is 10.1 Å². The number of thiophene rings is 1. The molecule has 2 N–H and O–H groups in total. The maximum absolute atomic E-state index is 14.6. The molecule has 0 radical (unpaired) electrons. The molecule has 2 aromatic heterocycles. The molecule has 4 rings (SSSR count). The lowest BCUT2D eigenvalue weighted by atomic mass is 9.73. The minimum atomic E-state index is -1.15. The summed E-state index contributed by atoms with van der Waals surface area (Å²) in [6.45, 7) is 6.44. The Morgan fingerprint density at radius 1 is 1.17 bits per heavy atom. The first-order chi connectivity index (χ1) is 13.9. The minimum Gasteiger partial charge on any atom is -0.359 e. The Morgan fingerprint density at radius 2 is 1.90 bits per heavy atom. The Bertz CT molecular complexity index is 1220. The number of para-hydroxylation sites is 1. The van der Waals surface area contributed by atoms with Gasteiger partial charge in [0.1, 0.15) is 16.8 Å².